The van der Waals surface area contributed by atoms with E-state index in [0.29, 0.717) is 18.4 Å². The first kappa shape index (κ1) is 21.8. The molecule has 1 aromatic carbocycles. The van der Waals surface area contributed by atoms with Gasteiger partial charge >= 0.3 is 0 Å². The topological polar surface area (TPSA) is 25.4 Å². The summed E-state index contributed by atoms with van der Waals surface area (Å²) in [6, 6.07) is 9.07. The monoisotopic (exact) mass is 432 g/mol. The predicted molar refractivity (Wildman–Crippen MR) is 133 cm³/mol. The molecule has 0 atom stereocenters. The number of piperidine rings is 1. The molecular formula is C26H32N4S. The zero-order valence-corrected chi connectivity index (χ0v) is 20.1. The first-order valence-corrected chi connectivity index (χ1v) is 12.4. The number of aryl methyl sites for hydroxylation is 2. The molecule has 3 aromatic rings. The second-order valence-electron chi connectivity index (χ2n) is 9.02. The molecule has 0 amide bonds. The molecule has 0 N–H and O–H groups in total. The van der Waals surface area contributed by atoms with E-state index in [9.17, 15) is 0 Å². The minimum absolute atomic E-state index is 0.515. The first-order chi connectivity index (χ1) is 14.9. The molecule has 0 saturated carbocycles. The van der Waals surface area contributed by atoms with Crippen LogP contribution >= 0.6 is 11.8 Å². The van der Waals surface area contributed by atoms with Crippen LogP contribution in [0.2, 0.25) is 0 Å². The highest BCUT2D eigenvalue weighted by Gasteiger charge is 2.25. The van der Waals surface area contributed by atoms with Gasteiger partial charge in [0.05, 0.1) is 5.69 Å². The summed E-state index contributed by atoms with van der Waals surface area (Å²) in [6.07, 6.45) is 6.59. The SMILES string of the molecule is [C-]#[N+]CC1CCN(c2cc(C)nc3c2c(C)cn3-c2ccc(C(C)C)cc2SC)CC1. The first-order valence-electron chi connectivity index (χ1n) is 11.2. The van der Waals surface area contributed by atoms with Gasteiger partial charge < -0.3 is 9.74 Å². The van der Waals surface area contributed by atoms with E-state index < -0.39 is 0 Å². The Morgan fingerprint density at radius 3 is 2.55 bits per heavy atom. The summed E-state index contributed by atoms with van der Waals surface area (Å²) in [5.41, 5.74) is 7.23. The van der Waals surface area contributed by atoms with Crippen LogP contribution in [-0.4, -0.2) is 35.4 Å². The third-order valence-electron chi connectivity index (χ3n) is 6.49. The minimum Gasteiger partial charge on any atom is -0.371 e. The van der Waals surface area contributed by atoms with Crippen LogP contribution in [0.4, 0.5) is 5.69 Å². The number of hydrogen-bond donors (Lipinski definition) is 0. The lowest BCUT2D eigenvalue weighted by atomic mass is 9.96. The summed E-state index contributed by atoms with van der Waals surface area (Å²) < 4.78 is 2.28. The number of aromatic nitrogens is 2. The summed E-state index contributed by atoms with van der Waals surface area (Å²) in [5.74, 6) is 1.06. The number of rotatable bonds is 5. The maximum Gasteiger partial charge on any atom is 0.217 e. The van der Waals surface area contributed by atoms with Crippen molar-refractivity contribution >= 4 is 28.5 Å². The minimum atomic E-state index is 0.515. The van der Waals surface area contributed by atoms with Crippen LogP contribution in [0.3, 0.4) is 0 Å². The van der Waals surface area contributed by atoms with Gasteiger partial charge in [-0.05, 0) is 68.2 Å². The standard InChI is InChI=1S/C26H32N4S/c1-17(2)21-7-8-22(24(14-21)31-6)30-16-18(3)25-23(13-19(4)28-26(25)30)29-11-9-20(10-12-29)15-27-5/h7-8,13-14,16-17,20H,9-12,15H2,1-4,6H3. The molecule has 0 radical (unpaired) electrons. The highest BCUT2D eigenvalue weighted by Crippen LogP contribution is 2.37. The van der Waals surface area contributed by atoms with Gasteiger partial charge in [0.1, 0.15) is 5.65 Å². The molecule has 0 aliphatic carbocycles. The van der Waals surface area contributed by atoms with Gasteiger partial charge in [0.2, 0.25) is 6.54 Å². The van der Waals surface area contributed by atoms with Crippen molar-refractivity contribution in [2.75, 3.05) is 30.8 Å². The number of anilines is 1. The Kier molecular flexibility index (Phi) is 6.29. The number of benzene rings is 1. The highest BCUT2D eigenvalue weighted by atomic mass is 32.2. The van der Waals surface area contributed by atoms with Crippen molar-refractivity contribution in [2.45, 2.75) is 51.3 Å². The van der Waals surface area contributed by atoms with Gasteiger partial charge in [0.15, 0.2) is 0 Å². The Bertz CT molecular complexity index is 1130. The molecule has 3 heterocycles. The Morgan fingerprint density at radius 1 is 1.16 bits per heavy atom. The second kappa shape index (κ2) is 8.96. The Labute approximate surface area is 190 Å². The lowest BCUT2D eigenvalue weighted by Crippen LogP contribution is -2.34. The molecule has 4 rings (SSSR count). The van der Waals surface area contributed by atoms with Gasteiger partial charge in [-0.25, -0.2) is 11.6 Å². The smallest absolute Gasteiger partial charge is 0.217 e. The molecule has 1 fully saturated rings. The Morgan fingerprint density at radius 2 is 1.90 bits per heavy atom. The van der Waals surface area contributed by atoms with Crippen LogP contribution in [0.1, 0.15) is 49.4 Å². The van der Waals surface area contributed by atoms with Crippen molar-refractivity contribution in [3.8, 4) is 5.69 Å². The summed E-state index contributed by atoms with van der Waals surface area (Å²) in [6.45, 7) is 18.7. The molecule has 4 nitrogen and oxygen atoms in total. The fraction of sp³-hybridized carbons (Fsp3) is 0.462. The molecular weight excluding hydrogens is 400 g/mol. The fourth-order valence-electron chi connectivity index (χ4n) is 4.68. The van der Waals surface area contributed by atoms with Crippen molar-refractivity contribution in [3.63, 3.8) is 0 Å². The van der Waals surface area contributed by atoms with Gasteiger partial charge in [0, 0.05) is 46.9 Å². The molecule has 2 aromatic heterocycles. The van der Waals surface area contributed by atoms with Crippen molar-refractivity contribution in [3.05, 3.63) is 58.7 Å². The lowest BCUT2D eigenvalue weighted by Gasteiger charge is -2.32. The van der Waals surface area contributed by atoms with E-state index in [4.69, 9.17) is 11.6 Å². The predicted octanol–water partition coefficient (Wildman–Crippen LogP) is 6.62. The molecule has 0 unspecified atom stereocenters. The van der Waals surface area contributed by atoms with E-state index in [1.807, 2.05) is 0 Å². The second-order valence-corrected chi connectivity index (χ2v) is 9.87. The largest absolute Gasteiger partial charge is 0.371 e. The molecule has 1 aliphatic rings. The van der Waals surface area contributed by atoms with E-state index >= 15 is 0 Å². The van der Waals surface area contributed by atoms with E-state index in [2.05, 4.69) is 78.7 Å². The number of thioether (sulfide) groups is 1. The quantitative estimate of drug-likeness (QED) is 0.334. The van der Waals surface area contributed by atoms with Gasteiger partial charge in [-0.1, -0.05) is 19.9 Å². The lowest BCUT2D eigenvalue weighted by molar-refractivity contribution is 0.431. The van der Waals surface area contributed by atoms with Crippen LogP contribution in [0.25, 0.3) is 21.6 Å². The molecule has 31 heavy (non-hydrogen) atoms. The molecule has 5 heteroatoms. The molecule has 1 aliphatic heterocycles. The molecule has 1 saturated heterocycles. The number of hydrogen-bond acceptors (Lipinski definition) is 3. The van der Waals surface area contributed by atoms with Crippen LogP contribution in [0.5, 0.6) is 0 Å². The normalized spacial score (nSPS) is 15.1. The van der Waals surface area contributed by atoms with Gasteiger partial charge in [-0.2, -0.15) is 0 Å². The van der Waals surface area contributed by atoms with Gasteiger partial charge in [-0.3, -0.25) is 4.57 Å². The highest BCUT2D eigenvalue weighted by molar-refractivity contribution is 7.98. The third-order valence-corrected chi connectivity index (χ3v) is 7.25. The van der Waals surface area contributed by atoms with E-state index in [0.717, 1.165) is 37.3 Å². The number of nitrogens with zero attached hydrogens (tertiary/aromatic N) is 4. The summed E-state index contributed by atoms with van der Waals surface area (Å²) >= 11 is 1.80. The third kappa shape index (κ3) is 4.19. The van der Waals surface area contributed by atoms with Gasteiger partial charge in [0.25, 0.3) is 0 Å². The van der Waals surface area contributed by atoms with Crippen molar-refractivity contribution < 1.29 is 0 Å². The summed E-state index contributed by atoms with van der Waals surface area (Å²) in [4.78, 5) is 12.4. The van der Waals surface area contributed by atoms with E-state index in [-0.39, 0.29) is 0 Å². The molecule has 0 bridgehead atoms. The van der Waals surface area contributed by atoms with Crippen LogP contribution < -0.4 is 4.90 Å². The average molecular weight is 433 g/mol. The van der Waals surface area contributed by atoms with E-state index in [1.165, 1.54) is 32.8 Å². The van der Waals surface area contributed by atoms with E-state index in [1.54, 1.807) is 11.8 Å². The van der Waals surface area contributed by atoms with Gasteiger partial charge in [-0.15, -0.1) is 11.8 Å². The molecule has 162 valence electrons. The average Bonchev–Trinajstić information content (AvgIpc) is 3.09. The maximum absolute atomic E-state index is 7.17. The fourth-order valence-corrected chi connectivity index (χ4v) is 5.31. The van der Waals surface area contributed by atoms with Crippen LogP contribution in [0, 0.1) is 26.3 Å². The van der Waals surface area contributed by atoms with Crippen molar-refractivity contribution in [1.29, 1.82) is 0 Å². The summed E-state index contributed by atoms with van der Waals surface area (Å²) in [5, 5.41) is 1.26. The maximum atomic E-state index is 7.17. The Hall–Kier alpha value is -2.45. The van der Waals surface area contributed by atoms with Crippen molar-refractivity contribution in [1.82, 2.24) is 9.55 Å². The Balaban J connectivity index is 1.80. The van der Waals surface area contributed by atoms with Crippen LogP contribution in [0.15, 0.2) is 35.4 Å². The summed E-state index contributed by atoms with van der Waals surface area (Å²) in [7, 11) is 0. The zero-order valence-electron chi connectivity index (χ0n) is 19.3. The number of pyridine rings is 1. The molecule has 0 spiro atoms. The van der Waals surface area contributed by atoms with Crippen LogP contribution in [-0.2, 0) is 0 Å². The van der Waals surface area contributed by atoms with Crippen molar-refractivity contribution in [2.24, 2.45) is 5.92 Å². The zero-order chi connectivity index (χ0) is 22.1. The number of fused-ring (bicyclic) bond motifs is 1.